The zero-order valence-electron chi connectivity index (χ0n) is 17.9. The van der Waals surface area contributed by atoms with Crippen molar-refractivity contribution in [1.82, 2.24) is 0 Å². The van der Waals surface area contributed by atoms with Crippen LogP contribution in [0.25, 0.3) is 16.8 Å². The van der Waals surface area contributed by atoms with Crippen LogP contribution in [0.3, 0.4) is 0 Å². The second kappa shape index (κ2) is 9.71. The van der Waals surface area contributed by atoms with Gasteiger partial charge >= 0.3 is 0 Å². The first-order chi connectivity index (χ1) is 15.6. The van der Waals surface area contributed by atoms with Gasteiger partial charge in [-0.1, -0.05) is 72.8 Å². The molecule has 0 saturated heterocycles. The van der Waals surface area contributed by atoms with Crippen LogP contribution in [-0.4, -0.2) is 21.6 Å². The lowest BCUT2D eigenvalue weighted by Gasteiger charge is -2.24. The third kappa shape index (κ3) is 4.84. The molecule has 4 nitrogen and oxygen atoms in total. The van der Waals surface area contributed by atoms with Gasteiger partial charge in [-0.25, -0.2) is 8.42 Å². The van der Waals surface area contributed by atoms with Crippen LogP contribution in [0.4, 0.5) is 5.69 Å². The van der Waals surface area contributed by atoms with Crippen molar-refractivity contribution < 1.29 is 13.2 Å². The van der Waals surface area contributed by atoms with E-state index in [2.05, 4.69) is 0 Å². The number of rotatable bonds is 8. The van der Waals surface area contributed by atoms with Crippen LogP contribution in [-0.2, 0) is 10.0 Å². The molecule has 0 heterocycles. The second-order valence-corrected chi connectivity index (χ2v) is 9.15. The number of anilines is 1. The number of ether oxygens (including phenoxy) is 1. The lowest BCUT2D eigenvalue weighted by Crippen LogP contribution is -2.31. The van der Waals surface area contributed by atoms with Crippen LogP contribution in [0.2, 0.25) is 0 Å². The molecule has 0 aliphatic rings. The summed E-state index contributed by atoms with van der Waals surface area (Å²) in [5.41, 5.74) is 1.60. The van der Waals surface area contributed by atoms with Crippen LogP contribution in [0.15, 0.2) is 108 Å². The summed E-state index contributed by atoms with van der Waals surface area (Å²) in [7, 11) is -3.78. The van der Waals surface area contributed by atoms with E-state index in [0.717, 1.165) is 16.3 Å². The molecule has 4 aromatic rings. The Balaban J connectivity index is 1.71. The van der Waals surface area contributed by atoms with Crippen molar-refractivity contribution in [3.8, 4) is 5.75 Å². The number of benzene rings is 4. The predicted molar refractivity (Wildman–Crippen MR) is 132 cm³/mol. The van der Waals surface area contributed by atoms with Gasteiger partial charge in [0, 0.05) is 0 Å². The van der Waals surface area contributed by atoms with Gasteiger partial charge in [0.05, 0.1) is 23.7 Å². The minimum Gasteiger partial charge on any atom is -0.494 e. The molecule has 0 aliphatic carbocycles. The lowest BCUT2D eigenvalue weighted by molar-refractivity contribution is 0.340. The predicted octanol–water partition coefficient (Wildman–Crippen LogP) is 6.15. The fraction of sp³-hybridized carbons (Fsp3) is 0.111. The van der Waals surface area contributed by atoms with E-state index in [9.17, 15) is 8.42 Å². The van der Waals surface area contributed by atoms with Crippen molar-refractivity contribution in [1.29, 1.82) is 0 Å². The van der Waals surface area contributed by atoms with Gasteiger partial charge in [-0.2, -0.15) is 0 Å². The average Bonchev–Trinajstić information content (AvgIpc) is 2.83. The number of nitrogens with zero attached hydrogens (tertiary/aromatic N) is 1. The summed E-state index contributed by atoms with van der Waals surface area (Å²) >= 11 is 0. The molecule has 0 atom stereocenters. The van der Waals surface area contributed by atoms with Gasteiger partial charge < -0.3 is 4.74 Å². The lowest BCUT2D eigenvalue weighted by atomic mass is 10.1. The highest BCUT2D eigenvalue weighted by molar-refractivity contribution is 7.92. The fourth-order valence-electron chi connectivity index (χ4n) is 3.52. The van der Waals surface area contributed by atoms with Gasteiger partial charge in [0.15, 0.2) is 0 Å². The van der Waals surface area contributed by atoms with E-state index in [-0.39, 0.29) is 11.4 Å². The van der Waals surface area contributed by atoms with E-state index in [4.69, 9.17) is 4.74 Å². The monoisotopic (exact) mass is 443 g/mol. The summed E-state index contributed by atoms with van der Waals surface area (Å²) in [4.78, 5) is 0.262. The molecule has 0 fully saturated rings. The maximum atomic E-state index is 13.7. The SMILES string of the molecule is CCOc1ccc(N(C/C=C/c2ccccc2)S(=O)(=O)c2ccc3ccccc3c2)cc1. The number of sulfonamides is 1. The summed E-state index contributed by atoms with van der Waals surface area (Å²) in [6.45, 7) is 2.68. The first-order valence-corrected chi connectivity index (χ1v) is 12.0. The molecule has 5 heteroatoms. The normalized spacial score (nSPS) is 11.7. The van der Waals surface area contributed by atoms with E-state index in [1.807, 2.05) is 79.7 Å². The van der Waals surface area contributed by atoms with Crippen molar-refractivity contribution in [2.24, 2.45) is 0 Å². The van der Waals surface area contributed by atoms with Gasteiger partial charge in [-0.3, -0.25) is 4.31 Å². The molecule has 0 bridgehead atoms. The van der Waals surface area contributed by atoms with Gasteiger partial charge in [-0.15, -0.1) is 0 Å². The van der Waals surface area contributed by atoms with Gasteiger partial charge in [0.25, 0.3) is 10.0 Å². The third-order valence-electron chi connectivity index (χ3n) is 5.13. The number of fused-ring (bicyclic) bond motifs is 1. The standard InChI is InChI=1S/C27H25NO3S/c1-2-31-26-17-15-25(16-18-26)28(20-8-11-22-9-4-3-5-10-22)32(29,30)27-19-14-23-12-6-7-13-24(23)21-27/h3-19,21H,2,20H2,1H3/b11-8+. The van der Waals surface area contributed by atoms with E-state index >= 15 is 0 Å². The Bertz CT molecular complexity index is 1310. The highest BCUT2D eigenvalue weighted by Crippen LogP contribution is 2.28. The first-order valence-electron chi connectivity index (χ1n) is 10.5. The maximum absolute atomic E-state index is 13.7. The van der Waals surface area contributed by atoms with Crippen LogP contribution < -0.4 is 9.04 Å². The highest BCUT2D eigenvalue weighted by atomic mass is 32.2. The molecular weight excluding hydrogens is 418 g/mol. The largest absolute Gasteiger partial charge is 0.494 e. The quantitative estimate of drug-likeness (QED) is 0.328. The van der Waals surface area contributed by atoms with Crippen molar-refractivity contribution in [3.63, 3.8) is 0 Å². The fourth-order valence-corrected chi connectivity index (χ4v) is 4.97. The Labute approximate surface area is 189 Å². The molecule has 162 valence electrons. The molecule has 0 aromatic heterocycles. The smallest absolute Gasteiger partial charge is 0.264 e. The van der Waals surface area contributed by atoms with Crippen molar-refractivity contribution >= 4 is 32.6 Å². The van der Waals surface area contributed by atoms with Gasteiger partial charge in [0.1, 0.15) is 5.75 Å². The molecule has 0 N–H and O–H groups in total. The minimum absolute atomic E-state index is 0.206. The molecule has 0 spiro atoms. The summed E-state index contributed by atoms with van der Waals surface area (Å²) < 4.78 is 34.3. The van der Waals surface area contributed by atoms with Crippen LogP contribution in [0.5, 0.6) is 5.75 Å². The maximum Gasteiger partial charge on any atom is 0.264 e. The molecular formula is C27H25NO3S. The third-order valence-corrected chi connectivity index (χ3v) is 6.92. The molecule has 0 saturated carbocycles. The highest BCUT2D eigenvalue weighted by Gasteiger charge is 2.24. The number of hydrogen-bond donors (Lipinski definition) is 0. The topological polar surface area (TPSA) is 46.6 Å². The minimum atomic E-state index is -3.78. The summed E-state index contributed by atoms with van der Waals surface area (Å²) in [5, 5.41) is 1.89. The number of hydrogen-bond acceptors (Lipinski definition) is 3. The van der Waals surface area contributed by atoms with Gasteiger partial charge in [-0.05, 0) is 59.7 Å². The zero-order valence-corrected chi connectivity index (χ0v) is 18.7. The summed E-state index contributed by atoms with van der Waals surface area (Å²) in [5.74, 6) is 0.708. The van der Waals surface area contributed by atoms with Crippen molar-refractivity contribution in [2.45, 2.75) is 11.8 Å². The summed E-state index contributed by atoms with van der Waals surface area (Å²) in [6, 6.07) is 30.0. The zero-order chi connectivity index (χ0) is 22.4. The average molecular weight is 444 g/mol. The second-order valence-electron chi connectivity index (χ2n) is 7.29. The van der Waals surface area contributed by atoms with E-state index in [0.29, 0.717) is 18.0 Å². The Morgan fingerprint density at radius 2 is 1.50 bits per heavy atom. The molecule has 32 heavy (non-hydrogen) atoms. The Morgan fingerprint density at radius 1 is 0.812 bits per heavy atom. The van der Waals surface area contributed by atoms with E-state index in [1.165, 1.54) is 4.31 Å². The Morgan fingerprint density at radius 3 is 2.22 bits per heavy atom. The molecule has 0 amide bonds. The Kier molecular flexibility index (Phi) is 6.57. The molecule has 0 aliphatic heterocycles. The Hall–Kier alpha value is -3.57. The van der Waals surface area contributed by atoms with Crippen LogP contribution in [0, 0.1) is 0 Å². The van der Waals surface area contributed by atoms with E-state index in [1.54, 1.807) is 36.4 Å². The van der Waals surface area contributed by atoms with E-state index < -0.39 is 10.0 Å². The van der Waals surface area contributed by atoms with Crippen molar-refractivity contribution in [2.75, 3.05) is 17.5 Å². The molecule has 0 unspecified atom stereocenters. The molecule has 0 radical (unpaired) electrons. The molecule has 4 aromatic carbocycles. The van der Waals surface area contributed by atoms with Crippen molar-refractivity contribution in [3.05, 3.63) is 109 Å². The summed E-state index contributed by atoms with van der Waals surface area (Å²) in [6.07, 6.45) is 3.79. The van der Waals surface area contributed by atoms with Crippen LogP contribution in [0.1, 0.15) is 12.5 Å². The first kappa shape index (κ1) is 21.7. The van der Waals surface area contributed by atoms with Crippen LogP contribution >= 0.6 is 0 Å². The van der Waals surface area contributed by atoms with Gasteiger partial charge in [0.2, 0.25) is 0 Å². The molecule has 4 rings (SSSR count).